The lowest BCUT2D eigenvalue weighted by Crippen LogP contribution is -2.52. The predicted octanol–water partition coefficient (Wildman–Crippen LogP) is -1.96. The van der Waals surface area contributed by atoms with E-state index in [0.29, 0.717) is 0 Å². The van der Waals surface area contributed by atoms with E-state index in [9.17, 15) is 23.4 Å². The van der Waals surface area contributed by atoms with Crippen LogP contribution in [0, 0.1) is 0 Å². The van der Waals surface area contributed by atoms with E-state index < -0.39 is 53.4 Å². The highest BCUT2D eigenvalue weighted by Crippen LogP contribution is 2.42. The summed E-state index contributed by atoms with van der Waals surface area (Å²) in [6.07, 6.45) is -3.05. The van der Waals surface area contributed by atoms with Gasteiger partial charge in [-0.2, -0.15) is 8.42 Å². The molecule has 1 saturated heterocycles. The van der Waals surface area contributed by atoms with Crippen LogP contribution in [0.4, 0.5) is 17.3 Å². The number of nitrogen functional groups attached to an aromatic ring is 1. The van der Waals surface area contributed by atoms with Crippen LogP contribution in [0.1, 0.15) is 12.5 Å². The highest BCUT2D eigenvalue weighted by molar-refractivity contribution is 7.91. The molecule has 1 amide bonds. The van der Waals surface area contributed by atoms with Gasteiger partial charge in [-0.25, -0.2) is 19.0 Å². The van der Waals surface area contributed by atoms with Crippen LogP contribution in [-0.4, -0.2) is 71.8 Å². The van der Waals surface area contributed by atoms with Crippen molar-refractivity contribution in [2.45, 2.75) is 43.9 Å². The third-order valence-electron chi connectivity index (χ3n) is 5.57. The number of carbonyl (C=O) groups excluding carboxylic acids is 1. The molecule has 5 atom stereocenters. The first-order valence-corrected chi connectivity index (χ1v) is 11.6. The fourth-order valence-electron chi connectivity index (χ4n) is 3.81. The van der Waals surface area contributed by atoms with Crippen molar-refractivity contribution in [1.82, 2.24) is 14.7 Å². The van der Waals surface area contributed by atoms with Crippen LogP contribution in [0.5, 0.6) is 0 Å². The van der Waals surface area contributed by atoms with Crippen molar-refractivity contribution in [3.05, 3.63) is 42.2 Å². The van der Waals surface area contributed by atoms with Gasteiger partial charge in [0.2, 0.25) is 0 Å². The first-order valence-electron chi connectivity index (χ1n) is 10.1. The van der Waals surface area contributed by atoms with E-state index >= 15 is 0 Å². The number of nitrogens with zero attached hydrogens (tertiary/aromatic N) is 4. The molecule has 0 radical (unpaired) electrons. The van der Waals surface area contributed by atoms with Gasteiger partial charge in [-0.3, -0.25) is 4.79 Å². The second kappa shape index (κ2) is 8.72. The van der Waals surface area contributed by atoms with Crippen LogP contribution in [0.15, 0.2) is 36.7 Å². The predicted molar refractivity (Wildman–Crippen MR) is 118 cm³/mol. The Bertz CT molecular complexity index is 1130. The number of aliphatic hydroxyl groups is 2. The topological polar surface area (TPSA) is 197 Å². The number of anilines is 3. The van der Waals surface area contributed by atoms with Crippen LogP contribution < -0.4 is 25.4 Å². The lowest BCUT2D eigenvalue weighted by atomic mass is 10.1. The number of aromatic nitrogens is 2. The highest BCUT2D eigenvalue weighted by Gasteiger charge is 2.49. The largest absolute Gasteiger partial charge is 0.388 e. The van der Waals surface area contributed by atoms with Crippen LogP contribution in [0.3, 0.4) is 0 Å². The Morgan fingerprint density at radius 2 is 1.97 bits per heavy atom. The normalized spacial score (nSPS) is 25.7. The second-order valence-electron chi connectivity index (χ2n) is 7.87. The Kier molecular flexibility index (Phi) is 6.11. The number of hydrogen-bond donors (Lipinski definition) is 5. The molecular weight excluding hydrogens is 454 g/mol. The number of nitrogens with two attached hydrogens (primary N) is 2. The van der Waals surface area contributed by atoms with Crippen molar-refractivity contribution in [3.63, 3.8) is 0 Å². The minimum absolute atomic E-state index is 0.0688. The molecule has 0 bridgehead atoms. The van der Waals surface area contributed by atoms with E-state index in [1.807, 2.05) is 10.8 Å². The number of amides is 1. The summed E-state index contributed by atoms with van der Waals surface area (Å²) in [7, 11) is -4.49. The van der Waals surface area contributed by atoms with Gasteiger partial charge in [-0.1, -0.05) is 30.3 Å². The van der Waals surface area contributed by atoms with Gasteiger partial charge in [0.15, 0.2) is 17.9 Å². The number of rotatable bonds is 6. The molecule has 3 heterocycles. The fraction of sp³-hybridized carbons (Fsp3) is 0.421. The average molecular weight is 480 g/mol. The second-order valence-corrected chi connectivity index (χ2v) is 9.47. The third kappa shape index (κ3) is 4.30. The SMILES string of the molecule is C[C@H]1O[C@@H](N2CN(S(=O)(=O)NC(=O)[C@@H](N)Cc3ccccc3)c3c(N)ncnc32)C(O)C1O. The summed E-state index contributed by atoms with van der Waals surface area (Å²) in [5, 5.41) is 20.4. The summed E-state index contributed by atoms with van der Waals surface area (Å²) >= 11 is 0. The maximum absolute atomic E-state index is 13.1. The molecule has 2 aliphatic heterocycles. The van der Waals surface area contributed by atoms with Crippen molar-refractivity contribution < 1.29 is 28.2 Å². The highest BCUT2D eigenvalue weighted by atomic mass is 32.2. The van der Waals surface area contributed by atoms with Gasteiger partial charge in [0.1, 0.15) is 30.9 Å². The van der Waals surface area contributed by atoms with Crippen molar-refractivity contribution >= 4 is 33.4 Å². The van der Waals surface area contributed by atoms with E-state index in [2.05, 4.69) is 9.97 Å². The summed E-state index contributed by atoms with van der Waals surface area (Å²) < 4.78 is 34.6. The maximum Gasteiger partial charge on any atom is 0.328 e. The fourth-order valence-corrected chi connectivity index (χ4v) is 5.02. The van der Waals surface area contributed by atoms with Gasteiger partial charge in [-0.15, -0.1) is 0 Å². The monoisotopic (exact) mass is 479 g/mol. The zero-order valence-electron chi connectivity index (χ0n) is 17.6. The number of ether oxygens (including phenoxy) is 1. The van der Waals surface area contributed by atoms with Gasteiger partial charge >= 0.3 is 10.2 Å². The molecule has 4 rings (SSSR count). The Morgan fingerprint density at radius 3 is 2.61 bits per heavy atom. The van der Waals surface area contributed by atoms with Crippen LogP contribution in [0.25, 0.3) is 0 Å². The quantitative estimate of drug-likeness (QED) is 0.308. The number of fused-ring (bicyclic) bond motifs is 1. The number of carbonyl (C=O) groups is 1. The van der Waals surface area contributed by atoms with Crippen molar-refractivity contribution in [2.75, 3.05) is 21.6 Å². The molecule has 0 saturated carbocycles. The Labute approximate surface area is 190 Å². The summed E-state index contributed by atoms with van der Waals surface area (Å²) in [5.74, 6) is -0.996. The minimum atomic E-state index is -4.49. The minimum Gasteiger partial charge on any atom is -0.388 e. The number of hydrogen-bond acceptors (Lipinski definition) is 11. The van der Waals surface area contributed by atoms with Crippen molar-refractivity contribution in [1.29, 1.82) is 0 Å². The number of benzene rings is 1. The summed E-state index contributed by atoms with van der Waals surface area (Å²) in [4.78, 5) is 21.8. The molecule has 13 nitrogen and oxygen atoms in total. The molecule has 7 N–H and O–H groups in total. The van der Waals surface area contributed by atoms with Gasteiger partial charge in [-0.05, 0) is 18.9 Å². The molecule has 2 unspecified atom stereocenters. The first kappa shape index (κ1) is 23.1. The van der Waals surface area contributed by atoms with E-state index in [4.69, 9.17) is 16.2 Å². The van der Waals surface area contributed by atoms with Crippen LogP contribution in [-0.2, 0) is 26.2 Å². The lowest BCUT2D eigenvalue weighted by molar-refractivity contribution is -0.120. The molecule has 0 aliphatic carbocycles. The van der Waals surface area contributed by atoms with Gasteiger partial charge in [0, 0.05) is 0 Å². The summed E-state index contributed by atoms with van der Waals surface area (Å²) in [5.41, 5.74) is 12.5. The third-order valence-corrected chi connectivity index (χ3v) is 6.91. The van der Waals surface area contributed by atoms with Crippen molar-refractivity contribution in [3.8, 4) is 0 Å². The molecule has 2 aromatic rings. The number of aliphatic hydroxyl groups excluding tert-OH is 2. The standard InChI is InChI=1S/C19H25N7O6S/c1-10-14(27)15(28)19(32-10)25-9-26(13-16(21)22-8-23-17(13)25)33(30,31)24-18(29)12(20)7-11-5-3-2-4-6-11/h2-6,8,10,12,14-15,19,27-28H,7,9,20H2,1H3,(H,24,29)(H2,21,22,23)/t10-,12+,14?,15?,19-/m1/s1. The summed E-state index contributed by atoms with van der Waals surface area (Å²) in [6, 6.07) is 7.81. The maximum atomic E-state index is 13.1. The van der Waals surface area contributed by atoms with E-state index in [0.717, 1.165) is 16.2 Å². The summed E-state index contributed by atoms with van der Waals surface area (Å²) in [6.45, 7) is 1.18. The molecule has 33 heavy (non-hydrogen) atoms. The molecule has 1 fully saturated rings. The molecule has 178 valence electrons. The average Bonchev–Trinajstić information content (AvgIpc) is 3.29. The lowest BCUT2D eigenvalue weighted by Gasteiger charge is -2.28. The Balaban J connectivity index is 1.57. The Hall–Kier alpha value is -3.04. The van der Waals surface area contributed by atoms with Crippen LogP contribution >= 0.6 is 0 Å². The van der Waals surface area contributed by atoms with Crippen LogP contribution in [0.2, 0.25) is 0 Å². The van der Waals surface area contributed by atoms with E-state index in [-0.39, 0.29) is 23.7 Å². The Morgan fingerprint density at radius 1 is 1.27 bits per heavy atom. The molecule has 1 aromatic heterocycles. The van der Waals surface area contributed by atoms with E-state index in [1.165, 1.54) is 4.90 Å². The molecule has 2 aliphatic rings. The van der Waals surface area contributed by atoms with Gasteiger partial charge < -0.3 is 31.3 Å². The molecule has 1 aromatic carbocycles. The first-order chi connectivity index (χ1) is 15.6. The zero-order valence-corrected chi connectivity index (χ0v) is 18.5. The zero-order chi connectivity index (χ0) is 23.9. The molecule has 14 heteroatoms. The smallest absolute Gasteiger partial charge is 0.328 e. The van der Waals surface area contributed by atoms with Gasteiger partial charge in [0.25, 0.3) is 5.91 Å². The molecule has 0 spiro atoms. The van der Waals surface area contributed by atoms with E-state index in [1.54, 1.807) is 31.2 Å². The molecular formula is C19H25N7O6S. The van der Waals surface area contributed by atoms with Crippen molar-refractivity contribution in [2.24, 2.45) is 5.73 Å². The number of nitrogens with one attached hydrogen (secondary N) is 1. The van der Waals surface area contributed by atoms with Gasteiger partial charge in [0.05, 0.1) is 12.1 Å².